The Morgan fingerprint density at radius 2 is 1.63 bits per heavy atom. The van der Waals surface area contributed by atoms with E-state index in [2.05, 4.69) is 18.5 Å². The van der Waals surface area contributed by atoms with Crippen molar-refractivity contribution in [3.8, 4) is 0 Å². The van der Waals surface area contributed by atoms with Crippen molar-refractivity contribution in [2.24, 2.45) is 11.8 Å². The maximum absolute atomic E-state index is 14.0. The molecule has 3 amide bonds. The fraction of sp³-hybridized carbons (Fsp3) is 0.533. The van der Waals surface area contributed by atoms with Crippen LogP contribution in [-0.4, -0.2) is 71.8 Å². The summed E-state index contributed by atoms with van der Waals surface area (Å²) in [7, 11) is 1.29. The van der Waals surface area contributed by atoms with Crippen molar-refractivity contribution in [3.05, 3.63) is 61.2 Å². The number of ether oxygens (including phenoxy) is 1. The van der Waals surface area contributed by atoms with Gasteiger partial charge in [-0.25, -0.2) is 4.79 Å². The van der Waals surface area contributed by atoms with Gasteiger partial charge in [0.25, 0.3) is 0 Å². The summed E-state index contributed by atoms with van der Waals surface area (Å²) in [6.45, 7) is 17.0. The molecule has 0 aliphatic rings. The van der Waals surface area contributed by atoms with Crippen LogP contribution in [0, 0.1) is 11.8 Å². The molecule has 0 fully saturated rings. The zero-order valence-electron chi connectivity index (χ0n) is 23.8. The molecule has 0 bridgehead atoms. The van der Waals surface area contributed by atoms with Crippen molar-refractivity contribution in [2.45, 2.75) is 72.0 Å². The zero-order valence-corrected chi connectivity index (χ0v) is 23.8. The molecule has 3 atom stereocenters. The third-order valence-corrected chi connectivity index (χ3v) is 6.26. The number of methoxy groups -OCH3 is 1. The lowest BCUT2D eigenvalue weighted by Gasteiger charge is -2.36. The number of nitrogens with one attached hydrogen (secondary N) is 1. The molecule has 8 nitrogen and oxygen atoms in total. The number of benzene rings is 1. The van der Waals surface area contributed by atoms with Gasteiger partial charge in [-0.15, -0.1) is 13.2 Å². The highest BCUT2D eigenvalue weighted by molar-refractivity contribution is 5.93. The Morgan fingerprint density at radius 3 is 2.11 bits per heavy atom. The number of esters is 1. The summed E-state index contributed by atoms with van der Waals surface area (Å²) in [5.41, 5.74) is 0.847. The maximum Gasteiger partial charge on any atom is 0.328 e. The third-order valence-electron chi connectivity index (χ3n) is 6.26. The predicted octanol–water partition coefficient (Wildman–Crippen LogP) is 3.77. The van der Waals surface area contributed by atoms with Crippen LogP contribution < -0.4 is 5.32 Å². The minimum Gasteiger partial charge on any atom is -0.467 e. The molecule has 0 saturated heterocycles. The van der Waals surface area contributed by atoms with E-state index in [1.807, 2.05) is 58.0 Å². The molecular formula is C30H45N3O5. The maximum atomic E-state index is 14.0. The topological polar surface area (TPSA) is 96.0 Å². The number of hydrogen-bond acceptors (Lipinski definition) is 5. The summed E-state index contributed by atoms with van der Waals surface area (Å²) in [6.07, 6.45) is 4.39. The second-order valence-electron chi connectivity index (χ2n) is 10.2. The molecule has 0 unspecified atom stereocenters. The van der Waals surface area contributed by atoms with Gasteiger partial charge in [-0.05, 0) is 30.2 Å². The van der Waals surface area contributed by atoms with Crippen LogP contribution in [0.4, 0.5) is 0 Å². The Labute approximate surface area is 228 Å². The van der Waals surface area contributed by atoms with E-state index in [-0.39, 0.29) is 30.7 Å². The van der Waals surface area contributed by atoms with E-state index in [1.165, 1.54) is 23.8 Å². The molecule has 0 heterocycles. The quantitative estimate of drug-likeness (QED) is 0.261. The molecule has 0 radical (unpaired) electrons. The molecule has 1 rings (SSSR count). The Kier molecular flexibility index (Phi) is 14.1. The zero-order chi connectivity index (χ0) is 28.8. The van der Waals surface area contributed by atoms with Gasteiger partial charge in [0, 0.05) is 26.4 Å². The molecule has 8 heteroatoms. The van der Waals surface area contributed by atoms with Crippen LogP contribution >= 0.6 is 0 Å². The summed E-state index contributed by atoms with van der Waals surface area (Å²) >= 11 is 0. The van der Waals surface area contributed by atoms with Gasteiger partial charge in [-0.2, -0.15) is 0 Å². The molecule has 1 aromatic rings. The van der Waals surface area contributed by atoms with E-state index in [0.29, 0.717) is 19.4 Å². The van der Waals surface area contributed by atoms with Gasteiger partial charge in [0.1, 0.15) is 18.1 Å². The number of nitrogens with zero attached hydrogens (tertiary/aromatic N) is 2. The highest BCUT2D eigenvalue weighted by atomic mass is 16.5. The van der Waals surface area contributed by atoms with Crippen LogP contribution in [0.15, 0.2) is 55.6 Å². The fourth-order valence-corrected chi connectivity index (χ4v) is 4.48. The smallest absolute Gasteiger partial charge is 0.328 e. The first-order chi connectivity index (χ1) is 18.0. The average molecular weight is 528 g/mol. The summed E-state index contributed by atoms with van der Waals surface area (Å²) in [6, 6.07) is 6.77. The van der Waals surface area contributed by atoms with E-state index >= 15 is 0 Å². The molecule has 1 aromatic carbocycles. The summed E-state index contributed by atoms with van der Waals surface area (Å²) < 4.78 is 5.03. The van der Waals surface area contributed by atoms with Gasteiger partial charge >= 0.3 is 5.97 Å². The van der Waals surface area contributed by atoms with Crippen LogP contribution in [0.1, 0.15) is 53.0 Å². The molecule has 1 N–H and O–H groups in total. The van der Waals surface area contributed by atoms with Gasteiger partial charge in [0.2, 0.25) is 17.7 Å². The van der Waals surface area contributed by atoms with E-state index in [9.17, 15) is 19.2 Å². The first-order valence-corrected chi connectivity index (χ1v) is 13.2. The van der Waals surface area contributed by atoms with Gasteiger partial charge in [-0.1, -0.05) is 70.2 Å². The first kappa shape index (κ1) is 32.6. The Hall–Kier alpha value is -3.42. The SMILES string of the molecule is C=CCCN(C(C)=O)[C@H](C(=O)N[C@H](Cc1ccccc1)C(=O)N(CC=C)[C@@H](CC(C)C)C(=O)OC)C(C)C. The molecule has 0 saturated carbocycles. The van der Waals surface area contributed by atoms with Crippen LogP contribution in [-0.2, 0) is 30.3 Å². The van der Waals surface area contributed by atoms with E-state index in [0.717, 1.165) is 5.56 Å². The Morgan fingerprint density at radius 1 is 1.00 bits per heavy atom. The van der Waals surface area contributed by atoms with Gasteiger partial charge in [-0.3, -0.25) is 14.4 Å². The van der Waals surface area contributed by atoms with E-state index in [1.54, 1.807) is 12.2 Å². The monoisotopic (exact) mass is 527 g/mol. The molecule has 0 aromatic heterocycles. The minimum absolute atomic E-state index is 0.110. The average Bonchev–Trinajstić information content (AvgIpc) is 2.87. The lowest BCUT2D eigenvalue weighted by molar-refractivity contribution is -0.154. The highest BCUT2D eigenvalue weighted by Crippen LogP contribution is 2.18. The van der Waals surface area contributed by atoms with Crippen molar-refractivity contribution < 1.29 is 23.9 Å². The minimum atomic E-state index is -0.973. The van der Waals surface area contributed by atoms with Crippen molar-refractivity contribution >= 4 is 23.7 Å². The van der Waals surface area contributed by atoms with Crippen molar-refractivity contribution in [3.63, 3.8) is 0 Å². The second kappa shape index (κ2) is 16.4. The Bertz CT molecular complexity index is 944. The molecule has 210 valence electrons. The number of rotatable bonds is 16. The standard InChI is InChI=1S/C30H45N3O5/c1-9-11-18-32(23(7)34)27(22(5)6)28(35)31-25(20-24-15-13-12-14-16-24)29(36)33(17-10-2)26(19-21(3)4)30(37)38-8/h9-10,12-16,21-22,25-27H,1-2,11,17-20H2,3-8H3,(H,31,35)/t25-,26+,27+/m1/s1. The van der Waals surface area contributed by atoms with Crippen LogP contribution in [0.2, 0.25) is 0 Å². The van der Waals surface area contributed by atoms with Gasteiger partial charge in [0.15, 0.2) is 0 Å². The van der Waals surface area contributed by atoms with E-state index < -0.39 is 35.9 Å². The predicted molar refractivity (Wildman–Crippen MR) is 150 cm³/mol. The summed E-state index contributed by atoms with van der Waals surface area (Å²) in [5, 5.41) is 2.93. The molecule has 0 aliphatic heterocycles. The summed E-state index contributed by atoms with van der Waals surface area (Å²) in [4.78, 5) is 55.9. The Balaban J connectivity index is 3.48. The first-order valence-electron chi connectivity index (χ1n) is 13.2. The van der Waals surface area contributed by atoms with Gasteiger partial charge in [0.05, 0.1) is 7.11 Å². The molecule has 0 aliphatic carbocycles. The lowest BCUT2D eigenvalue weighted by Crippen LogP contribution is -2.59. The van der Waals surface area contributed by atoms with E-state index in [4.69, 9.17) is 4.74 Å². The third kappa shape index (κ3) is 9.80. The number of carbonyl (C=O) groups is 4. The largest absolute Gasteiger partial charge is 0.467 e. The van der Waals surface area contributed by atoms with Crippen molar-refractivity contribution in [1.82, 2.24) is 15.1 Å². The lowest BCUT2D eigenvalue weighted by atomic mass is 9.97. The normalized spacial score (nSPS) is 13.3. The van der Waals surface area contributed by atoms with Crippen LogP contribution in [0.5, 0.6) is 0 Å². The van der Waals surface area contributed by atoms with Gasteiger partial charge < -0.3 is 19.9 Å². The number of hydrogen-bond donors (Lipinski definition) is 1. The number of amides is 3. The fourth-order valence-electron chi connectivity index (χ4n) is 4.48. The van der Waals surface area contributed by atoms with Crippen molar-refractivity contribution in [1.29, 1.82) is 0 Å². The molecule has 0 spiro atoms. The summed E-state index contributed by atoms with van der Waals surface area (Å²) in [5.74, 6) is -1.69. The molecular weight excluding hydrogens is 482 g/mol. The molecule has 38 heavy (non-hydrogen) atoms. The second-order valence-corrected chi connectivity index (χ2v) is 10.2. The van der Waals surface area contributed by atoms with Crippen LogP contribution in [0.3, 0.4) is 0 Å². The van der Waals surface area contributed by atoms with Crippen LogP contribution in [0.25, 0.3) is 0 Å². The van der Waals surface area contributed by atoms with Crippen molar-refractivity contribution in [2.75, 3.05) is 20.2 Å². The highest BCUT2D eigenvalue weighted by Gasteiger charge is 2.37. The number of carbonyl (C=O) groups excluding carboxylic acids is 4.